The van der Waals surface area contributed by atoms with Gasteiger partial charge < -0.3 is 10.0 Å². The largest absolute Gasteiger partial charge is 0.389 e. The Hall–Kier alpha value is -3.28. The van der Waals surface area contributed by atoms with Crippen LogP contribution in [-0.4, -0.2) is 39.3 Å². The van der Waals surface area contributed by atoms with Gasteiger partial charge in [0.05, 0.1) is 22.9 Å². The van der Waals surface area contributed by atoms with E-state index in [0.29, 0.717) is 51.4 Å². The normalized spacial score (nSPS) is 13.4. The second kappa shape index (κ2) is 9.53. The van der Waals surface area contributed by atoms with Crippen molar-refractivity contribution in [1.29, 1.82) is 10.5 Å². The molecule has 1 aliphatic heterocycles. The number of hydrogen-bond donors (Lipinski definition) is 1. The van der Waals surface area contributed by atoms with Gasteiger partial charge in [0, 0.05) is 41.4 Å². The topological polar surface area (TPSA) is 110 Å². The Balaban J connectivity index is 1.50. The monoisotopic (exact) mass is 502 g/mol. The van der Waals surface area contributed by atoms with Crippen molar-refractivity contribution in [2.75, 3.05) is 18.0 Å². The van der Waals surface area contributed by atoms with Gasteiger partial charge in [0.1, 0.15) is 38.6 Å². The predicted octanol–water partition coefficient (Wildman–Crippen LogP) is 4.85. The molecule has 5 rings (SSSR count). The minimum absolute atomic E-state index is 0.318. The second-order valence-corrected chi connectivity index (χ2v) is 10.5. The van der Waals surface area contributed by atoms with Crippen molar-refractivity contribution in [2.24, 2.45) is 0 Å². The molecule has 7 nitrogen and oxygen atoms in total. The first kappa shape index (κ1) is 22.5. The summed E-state index contributed by atoms with van der Waals surface area (Å²) in [4.78, 5) is 15.7. The van der Waals surface area contributed by atoms with Gasteiger partial charge in [0.25, 0.3) is 0 Å². The summed E-state index contributed by atoms with van der Waals surface area (Å²) in [6, 6.07) is 12.8. The number of β-amino-alcohol motifs (C(OH)–C–C–N with tert-alkyl or cyclic N) is 1. The van der Waals surface area contributed by atoms with Crippen molar-refractivity contribution in [1.82, 2.24) is 15.0 Å². The molecule has 4 aromatic rings. The van der Waals surface area contributed by atoms with Crippen LogP contribution < -0.4 is 4.90 Å². The third-order valence-electron chi connectivity index (χ3n) is 5.38. The van der Waals surface area contributed by atoms with E-state index in [2.05, 4.69) is 48.3 Å². The molecular weight excluding hydrogens is 485 g/mol. The van der Waals surface area contributed by atoms with Gasteiger partial charge in [-0.15, -0.1) is 22.7 Å². The van der Waals surface area contributed by atoms with E-state index in [1.54, 1.807) is 17.5 Å². The second-order valence-electron chi connectivity index (χ2n) is 7.78. The number of thiazole rings is 2. The minimum Gasteiger partial charge on any atom is -0.389 e. The van der Waals surface area contributed by atoms with E-state index in [4.69, 9.17) is 9.97 Å². The molecule has 0 bridgehead atoms. The predicted molar refractivity (Wildman–Crippen MR) is 135 cm³/mol. The fourth-order valence-electron chi connectivity index (χ4n) is 3.63. The maximum Gasteiger partial charge on any atom is 0.148 e. The van der Waals surface area contributed by atoms with Crippen LogP contribution in [0.3, 0.4) is 0 Å². The lowest BCUT2D eigenvalue weighted by molar-refractivity contribution is 0.141. The van der Waals surface area contributed by atoms with Gasteiger partial charge in [-0.05, 0) is 6.92 Å². The summed E-state index contributed by atoms with van der Waals surface area (Å²) in [6.07, 6.45) is 1.21. The van der Waals surface area contributed by atoms with Crippen molar-refractivity contribution in [3.8, 4) is 33.3 Å². The molecule has 1 saturated heterocycles. The van der Waals surface area contributed by atoms with E-state index < -0.39 is 6.10 Å². The first-order valence-electron chi connectivity index (χ1n) is 10.4. The number of hydrogen-bond acceptors (Lipinski definition) is 10. The highest BCUT2D eigenvalue weighted by Crippen LogP contribution is 2.40. The Morgan fingerprint density at radius 2 is 1.85 bits per heavy atom. The zero-order valence-corrected chi connectivity index (χ0v) is 20.5. The van der Waals surface area contributed by atoms with Gasteiger partial charge >= 0.3 is 0 Å². The molecule has 0 spiro atoms. The molecule has 0 unspecified atom stereocenters. The number of nitriles is 2. The van der Waals surface area contributed by atoms with Crippen LogP contribution in [0.2, 0.25) is 0 Å². The number of thioether (sulfide) groups is 1. The fourth-order valence-corrected chi connectivity index (χ4v) is 6.13. The average molecular weight is 503 g/mol. The van der Waals surface area contributed by atoms with Gasteiger partial charge in [-0.3, -0.25) is 0 Å². The highest BCUT2D eigenvalue weighted by Gasteiger charge is 2.32. The molecule has 0 atom stereocenters. The molecule has 4 heterocycles. The lowest BCUT2D eigenvalue weighted by Crippen LogP contribution is -2.51. The Bertz CT molecular complexity index is 1410. The number of pyridine rings is 1. The summed E-state index contributed by atoms with van der Waals surface area (Å²) < 4.78 is 0. The maximum atomic E-state index is 10.0. The molecule has 1 aliphatic rings. The fraction of sp³-hybridized carbons (Fsp3) is 0.208. The number of aliphatic hydroxyl groups excluding tert-OH is 1. The van der Waals surface area contributed by atoms with Gasteiger partial charge in [-0.25, -0.2) is 15.0 Å². The van der Waals surface area contributed by atoms with Crippen LogP contribution in [-0.2, 0) is 5.75 Å². The average Bonchev–Trinajstić information content (AvgIpc) is 3.52. The third-order valence-corrected chi connectivity index (χ3v) is 8.12. The van der Waals surface area contributed by atoms with Crippen LogP contribution in [0.15, 0.2) is 46.2 Å². The number of benzene rings is 1. The molecular formula is C24H18N6OS3. The van der Waals surface area contributed by atoms with Gasteiger partial charge in [0.2, 0.25) is 0 Å². The van der Waals surface area contributed by atoms with Crippen LogP contribution in [0, 0.1) is 29.6 Å². The molecule has 0 saturated carbocycles. The Kier molecular flexibility index (Phi) is 6.31. The van der Waals surface area contributed by atoms with Gasteiger partial charge in [0.15, 0.2) is 0 Å². The first-order valence-corrected chi connectivity index (χ1v) is 13.2. The summed E-state index contributed by atoms with van der Waals surface area (Å²) in [7, 11) is 0. The Labute approximate surface area is 209 Å². The number of nitrogens with zero attached hydrogens (tertiary/aromatic N) is 6. The van der Waals surface area contributed by atoms with E-state index in [1.807, 2.05) is 15.7 Å². The van der Waals surface area contributed by atoms with Crippen LogP contribution in [0.25, 0.3) is 21.1 Å². The SMILES string of the molecule is Cc1ccc(-c2nc(CSc3nc(N4CC(O)C4)c(C#N)c(-c4nccs4)c3C#N)cs2)cc1. The molecule has 1 fully saturated rings. The zero-order valence-electron chi connectivity index (χ0n) is 18.1. The number of aromatic nitrogens is 3. The third kappa shape index (κ3) is 4.29. The molecule has 168 valence electrons. The number of aryl methyl sites for hydroxylation is 1. The van der Waals surface area contributed by atoms with Crippen molar-refractivity contribution in [3.05, 3.63) is 63.6 Å². The molecule has 3 aromatic heterocycles. The molecule has 0 aliphatic carbocycles. The van der Waals surface area contributed by atoms with Crippen LogP contribution in [0.4, 0.5) is 5.82 Å². The van der Waals surface area contributed by atoms with Gasteiger partial charge in [-0.2, -0.15) is 10.5 Å². The highest BCUT2D eigenvalue weighted by atomic mass is 32.2. The highest BCUT2D eigenvalue weighted by molar-refractivity contribution is 7.98. The van der Waals surface area contributed by atoms with E-state index >= 15 is 0 Å². The van der Waals surface area contributed by atoms with Crippen LogP contribution in [0.1, 0.15) is 22.4 Å². The summed E-state index contributed by atoms with van der Waals surface area (Å²) >= 11 is 4.38. The molecule has 34 heavy (non-hydrogen) atoms. The van der Waals surface area contributed by atoms with E-state index in [1.165, 1.54) is 28.7 Å². The summed E-state index contributed by atoms with van der Waals surface area (Å²) in [6.45, 7) is 2.86. The Morgan fingerprint density at radius 1 is 1.09 bits per heavy atom. The summed E-state index contributed by atoms with van der Waals surface area (Å²) in [5, 5.41) is 35.7. The van der Waals surface area contributed by atoms with E-state index in [0.717, 1.165) is 16.3 Å². The lowest BCUT2D eigenvalue weighted by atomic mass is 10.0. The summed E-state index contributed by atoms with van der Waals surface area (Å²) in [5.41, 5.74) is 4.34. The Morgan fingerprint density at radius 3 is 2.50 bits per heavy atom. The molecule has 0 radical (unpaired) electrons. The molecule has 10 heteroatoms. The van der Waals surface area contributed by atoms with Crippen LogP contribution in [0.5, 0.6) is 0 Å². The van der Waals surface area contributed by atoms with E-state index in [9.17, 15) is 15.6 Å². The van der Waals surface area contributed by atoms with Crippen LogP contribution >= 0.6 is 34.4 Å². The summed E-state index contributed by atoms with van der Waals surface area (Å²) in [5.74, 6) is 1.02. The zero-order chi connectivity index (χ0) is 23.7. The smallest absolute Gasteiger partial charge is 0.148 e. The minimum atomic E-state index is -0.446. The van der Waals surface area contributed by atoms with E-state index in [-0.39, 0.29) is 0 Å². The number of aliphatic hydroxyl groups is 1. The maximum absolute atomic E-state index is 10.0. The standard InChI is InChI=1S/C24H18N6OS3/c1-14-2-4-15(5-3-14)22-28-16(12-33-22)13-34-23-19(9-26)20(24-27-6-7-32-24)18(8-25)21(29-23)30-10-17(31)11-30/h2-7,12,17,31H,10-11,13H2,1H3. The van der Waals surface area contributed by atoms with Crippen molar-refractivity contribution in [2.45, 2.75) is 23.8 Å². The number of anilines is 1. The number of rotatable bonds is 6. The van der Waals surface area contributed by atoms with Gasteiger partial charge in [-0.1, -0.05) is 41.6 Å². The molecule has 1 N–H and O–H groups in total. The molecule has 0 amide bonds. The van der Waals surface area contributed by atoms with Crippen molar-refractivity contribution in [3.63, 3.8) is 0 Å². The quantitative estimate of drug-likeness (QED) is 0.373. The first-order chi connectivity index (χ1) is 16.6. The van der Waals surface area contributed by atoms with Crippen molar-refractivity contribution >= 4 is 40.3 Å². The lowest BCUT2D eigenvalue weighted by Gasteiger charge is -2.37. The molecule has 1 aromatic carbocycles. The van der Waals surface area contributed by atoms with Crippen molar-refractivity contribution < 1.29 is 5.11 Å².